The SMILES string of the molecule is C#CC1=C(/C=C\C)NC(CC(C)(C)CC)=C(OC)C(c2ccc(OCc3ccccc3)cc2C)N1C(=O)c1ccccc1F.C=O. The second-order valence-electron chi connectivity index (χ2n) is 11.6. The highest BCUT2D eigenvalue weighted by Crippen LogP contribution is 2.42. The summed E-state index contributed by atoms with van der Waals surface area (Å²) in [7, 11) is 1.59. The summed E-state index contributed by atoms with van der Waals surface area (Å²) < 4.78 is 27.5. The van der Waals surface area contributed by atoms with Gasteiger partial charge in [-0.1, -0.05) is 81.8 Å². The molecular weight excluding hydrogens is 579 g/mol. The minimum atomic E-state index is -0.792. The second kappa shape index (κ2) is 16.3. The molecule has 1 atom stereocenters. The largest absolute Gasteiger partial charge is 0.497 e. The molecule has 1 unspecified atom stereocenters. The lowest BCUT2D eigenvalue weighted by atomic mass is 9.84. The molecule has 1 amide bonds. The molecule has 0 radical (unpaired) electrons. The van der Waals surface area contributed by atoms with Crippen molar-refractivity contribution in [2.24, 2.45) is 5.41 Å². The fraction of sp³-hybridized carbons (Fsp3) is 0.282. The number of aryl methyl sites for hydroxylation is 1. The van der Waals surface area contributed by atoms with E-state index in [4.69, 9.17) is 20.7 Å². The Bertz CT molecular complexity index is 1650. The quantitative estimate of drug-likeness (QED) is 0.230. The first-order chi connectivity index (χ1) is 22.1. The number of benzene rings is 3. The Morgan fingerprint density at radius 1 is 1.11 bits per heavy atom. The zero-order chi connectivity index (χ0) is 33.9. The number of nitrogens with zero attached hydrogens (tertiary/aromatic N) is 1. The van der Waals surface area contributed by atoms with Crippen LogP contribution in [0, 0.1) is 30.5 Å². The molecular formula is C39H43FN2O4. The maximum Gasteiger partial charge on any atom is 0.262 e. The molecule has 0 fully saturated rings. The van der Waals surface area contributed by atoms with Crippen LogP contribution in [0.3, 0.4) is 0 Å². The fourth-order valence-corrected chi connectivity index (χ4v) is 5.28. The molecule has 46 heavy (non-hydrogen) atoms. The summed E-state index contributed by atoms with van der Waals surface area (Å²) in [6, 6.07) is 20.8. The highest BCUT2D eigenvalue weighted by atomic mass is 19.1. The van der Waals surface area contributed by atoms with Gasteiger partial charge in [0.25, 0.3) is 5.91 Å². The number of hydrogen-bond donors (Lipinski definition) is 1. The van der Waals surface area contributed by atoms with Gasteiger partial charge in [-0.05, 0) is 78.6 Å². The Morgan fingerprint density at radius 3 is 2.37 bits per heavy atom. The van der Waals surface area contributed by atoms with Crippen molar-refractivity contribution in [1.82, 2.24) is 10.2 Å². The van der Waals surface area contributed by atoms with Gasteiger partial charge in [0, 0.05) is 0 Å². The van der Waals surface area contributed by atoms with Crippen LogP contribution in [0.25, 0.3) is 0 Å². The van der Waals surface area contributed by atoms with E-state index in [1.54, 1.807) is 19.2 Å². The molecule has 1 N–H and O–H groups in total. The first-order valence-electron chi connectivity index (χ1n) is 15.2. The van der Waals surface area contributed by atoms with Crippen LogP contribution in [0.4, 0.5) is 4.39 Å². The van der Waals surface area contributed by atoms with Gasteiger partial charge in [-0.3, -0.25) is 9.69 Å². The van der Waals surface area contributed by atoms with Gasteiger partial charge in [-0.25, -0.2) is 4.39 Å². The van der Waals surface area contributed by atoms with Crippen LogP contribution >= 0.6 is 0 Å². The number of terminal acetylenes is 1. The Hall–Kier alpha value is -5.09. The molecule has 0 saturated heterocycles. The van der Waals surface area contributed by atoms with Crippen LogP contribution < -0.4 is 10.1 Å². The summed E-state index contributed by atoms with van der Waals surface area (Å²) in [6.45, 7) is 12.8. The zero-order valence-electron chi connectivity index (χ0n) is 27.5. The van der Waals surface area contributed by atoms with Crippen LogP contribution in [0.15, 0.2) is 108 Å². The third-order valence-corrected chi connectivity index (χ3v) is 8.00. The Kier molecular flexibility index (Phi) is 12.5. The van der Waals surface area contributed by atoms with Gasteiger partial charge in [0.15, 0.2) is 0 Å². The molecule has 4 rings (SSSR count). The molecule has 240 valence electrons. The van der Waals surface area contributed by atoms with E-state index in [0.717, 1.165) is 28.8 Å². The van der Waals surface area contributed by atoms with Crippen LogP contribution in [0.2, 0.25) is 0 Å². The third-order valence-electron chi connectivity index (χ3n) is 8.00. The van der Waals surface area contributed by atoms with Gasteiger partial charge in [0.05, 0.1) is 24.1 Å². The van der Waals surface area contributed by atoms with Crippen LogP contribution in [0.5, 0.6) is 5.75 Å². The van der Waals surface area contributed by atoms with Crippen molar-refractivity contribution in [1.29, 1.82) is 0 Å². The third kappa shape index (κ3) is 8.13. The molecule has 0 aromatic heterocycles. The number of methoxy groups -OCH3 is 1. The first kappa shape index (κ1) is 35.4. The lowest BCUT2D eigenvalue weighted by Gasteiger charge is -2.34. The molecule has 3 aromatic carbocycles. The van der Waals surface area contributed by atoms with E-state index in [1.165, 1.54) is 17.0 Å². The van der Waals surface area contributed by atoms with Gasteiger partial charge in [-0.2, -0.15) is 0 Å². The Labute approximate surface area is 272 Å². The van der Waals surface area contributed by atoms with Gasteiger partial charge >= 0.3 is 0 Å². The number of carbonyl (C=O) groups is 2. The summed E-state index contributed by atoms with van der Waals surface area (Å²) >= 11 is 0. The van der Waals surface area contributed by atoms with Crippen LogP contribution in [-0.4, -0.2) is 24.7 Å². The van der Waals surface area contributed by atoms with E-state index >= 15 is 4.39 Å². The van der Waals surface area contributed by atoms with E-state index in [0.29, 0.717) is 30.2 Å². The number of allylic oxidation sites excluding steroid dienone is 4. The minimum absolute atomic E-state index is 0.0849. The number of ether oxygens (including phenoxy) is 2. The standard InChI is InChI=1S/C38H41FN2O3.CH2O/c1-8-16-32-34(9-2)41(37(42)30-19-14-15-20-31(30)39)35(36(43-7)33(40-32)24-38(5,6)10-3)29-22-21-28(23-26(29)4)44-25-27-17-12-11-13-18-27;1-2/h2,8,11-23,35,40H,10,24-25H2,1,3-7H3;1H2/b16-8-;. The second-order valence-corrected chi connectivity index (χ2v) is 11.6. The van der Waals surface area contributed by atoms with Crippen molar-refractivity contribution < 1.29 is 23.5 Å². The number of halogens is 1. The van der Waals surface area contributed by atoms with E-state index in [9.17, 15) is 4.79 Å². The number of amides is 1. The number of hydrogen-bond acceptors (Lipinski definition) is 5. The average molecular weight is 623 g/mol. The maximum atomic E-state index is 15.2. The van der Waals surface area contributed by atoms with Crippen LogP contribution in [0.1, 0.15) is 73.6 Å². The van der Waals surface area contributed by atoms with Gasteiger partial charge in [0.2, 0.25) is 0 Å². The highest BCUT2D eigenvalue weighted by molar-refractivity contribution is 5.97. The number of nitrogens with one attached hydrogen (secondary N) is 1. The maximum absolute atomic E-state index is 15.2. The number of carbonyl (C=O) groups excluding carboxylic acids is 2. The van der Waals surface area contributed by atoms with Gasteiger partial charge in [0.1, 0.15) is 42.5 Å². The molecule has 0 saturated carbocycles. The van der Waals surface area contributed by atoms with Crippen molar-refractivity contribution in [2.75, 3.05) is 7.11 Å². The average Bonchev–Trinajstić information content (AvgIpc) is 3.18. The predicted molar refractivity (Wildman–Crippen MR) is 181 cm³/mol. The van der Waals surface area contributed by atoms with E-state index < -0.39 is 17.8 Å². The van der Waals surface area contributed by atoms with Crippen molar-refractivity contribution >= 4 is 12.7 Å². The van der Waals surface area contributed by atoms with Crippen LogP contribution in [-0.2, 0) is 16.1 Å². The summed E-state index contributed by atoms with van der Waals surface area (Å²) in [4.78, 5) is 23.9. The predicted octanol–water partition coefficient (Wildman–Crippen LogP) is 8.42. The Balaban J connectivity index is 0.00000282. The highest BCUT2D eigenvalue weighted by Gasteiger charge is 2.40. The normalized spacial score (nSPS) is 15.0. The minimum Gasteiger partial charge on any atom is -0.497 e. The molecule has 1 heterocycles. The molecule has 0 bridgehead atoms. The van der Waals surface area contributed by atoms with Crippen molar-refractivity contribution in [2.45, 2.75) is 60.1 Å². The molecule has 1 aliphatic heterocycles. The lowest BCUT2D eigenvalue weighted by Crippen LogP contribution is -2.36. The molecule has 1 aliphatic rings. The van der Waals surface area contributed by atoms with Gasteiger partial charge in [-0.15, -0.1) is 6.42 Å². The van der Waals surface area contributed by atoms with E-state index in [2.05, 4.69) is 32.0 Å². The molecule has 0 aliphatic carbocycles. The zero-order valence-corrected chi connectivity index (χ0v) is 27.5. The fourth-order valence-electron chi connectivity index (χ4n) is 5.28. The summed E-state index contributed by atoms with van der Waals surface area (Å²) in [5.74, 6) is 2.77. The summed E-state index contributed by atoms with van der Waals surface area (Å²) in [5.41, 5.74) is 4.16. The molecule has 6 nitrogen and oxygen atoms in total. The molecule has 0 spiro atoms. The van der Waals surface area contributed by atoms with Crippen molar-refractivity contribution in [3.05, 3.63) is 136 Å². The Morgan fingerprint density at radius 2 is 1.78 bits per heavy atom. The molecule has 3 aromatic rings. The lowest BCUT2D eigenvalue weighted by molar-refractivity contribution is -0.0980. The van der Waals surface area contributed by atoms with E-state index in [1.807, 2.05) is 81.3 Å². The monoisotopic (exact) mass is 622 g/mol. The van der Waals surface area contributed by atoms with Crippen molar-refractivity contribution in [3.63, 3.8) is 0 Å². The number of rotatable bonds is 10. The van der Waals surface area contributed by atoms with Gasteiger partial charge < -0.3 is 19.6 Å². The smallest absolute Gasteiger partial charge is 0.262 e. The van der Waals surface area contributed by atoms with E-state index in [-0.39, 0.29) is 16.7 Å². The topological polar surface area (TPSA) is 67.9 Å². The summed E-state index contributed by atoms with van der Waals surface area (Å²) in [6.07, 6.45) is 11.4. The van der Waals surface area contributed by atoms with Crippen molar-refractivity contribution in [3.8, 4) is 18.1 Å². The summed E-state index contributed by atoms with van der Waals surface area (Å²) in [5, 5.41) is 3.52. The first-order valence-corrected chi connectivity index (χ1v) is 15.2. The molecule has 7 heteroatoms.